The molecule has 0 fully saturated rings. The van der Waals surface area contributed by atoms with Crippen LogP contribution >= 0.6 is 7.60 Å². The molecule has 0 aromatic rings. The Kier molecular flexibility index (Phi) is 6.13. The van der Waals surface area contributed by atoms with E-state index in [-0.39, 0.29) is 6.16 Å². The third-order valence-corrected chi connectivity index (χ3v) is 2.89. The molecule has 0 rings (SSSR count). The smallest absolute Gasteiger partial charge is 0.376 e. The van der Waals surface area contributed by atoms with Gasteiger partial charge in [-0.05, 0) is 6.42 Å². The van der Waals surface area contributed by atoms with Crippen LogP contribution in [0.4, 0.5) is 0 Å². The summed E-state index contributed by atoms with van der Waals surface area (Å²) in [6.07, 6.45) is 5.22. The van der Waals surface area contributed by atoms with Crippen LogP contribution in [0.2, 0.25) is 0 Å². The maximum Gasteiger partial charge on any atom is 0.376 e. The molecule has 12 heavy (non-hydrogen) atoms. The van der Waals surface area contributed by atoms with E-state index < -0.39 is 7.60 Å². The summed E-state index contributed by atoms with van der Waals surface area (Å²) in [6, 6.07) is 0. The monoisotopic (exact) mass is 192 g/mol. The van der Waals surface area contributed by atoms with Crippen LogP contribution in [0, 0.1) is 0 Å². The van der Waals surface area contributed by atoms with Gasteiger partial charge in [-0.15, -0.1) is 0 Å². The maximum absolute atomic E-state index is 11.0. The van der Waals surface area contributed by atoms with Gasteiger partial charge < -0.3 is 9.42 Å². The lowest BCUT2D eigenvalue weighted by atomic mass is 10.2. The van der Waals surface area contributed by atoms with Crippen molar-refractivity contribution < 1.29 is 14.0 Å². The summed E-state index contributed by atoms with van der Waals surface area (Å²) >= 11 is 0. The summed E-state index contributed by atoms with van der Waals surface area (Å²) in [6.45, 7) is 5.33. The Morgan fingerprint density at radius 1 is 1.50 bits per heavy atom. The van der Waals surface area contributed by atoms with Crippen molar-refractivity contribution in [1.82, 2.24) is 0 Å². The molecule has 1 N–H and O–H groups in total. The zero-order chi connectivity index (χ0) is 9.45. The third kappa shape index (κ3) is 6.44. The molecule has 4 heteroatoms. The highest BCUT2D eigenvalue weighted by Crippen LogP contribution is 2.42. The van der Waals surface area contributed by atoms with Gasteiger partial charge in [0.2, 0.25) is 0 Å². The highest BCUT2D eigenvalue weighted by Gasteiger charge is 2.16. The Hall–Kier alpha value is -0.270. The minimum Gasteiger partial charge on any atom is -0.433 e. The van der Waals surface area contributed by atoms with Crippen LogP contribution in [-0.4, -0.2) is 11.1 Å². The molecular weight excluding hydrogens is 175 g/mol. The number of unbranched alkanes of at least 4 members (excludes halogenated alkanes) is 3. The third-order valence-electron chi connectivity index (χ3n) is 1.53. The SMILES string of the molecule is C=COP(=O)(O)CCCCCC. The van der Waals surface area contributed by atoms with Crippen LogP contribution < -0.4 is 0 Å². The first-order valence-electron chi connectivity index (χ1n) is 4.23. The molecule has 0 radical (unpaired) electrons. The van der Waals surface area contributed by atoms with Gasteiger partial charge in [-0.1, -0.05) is 32.8 Å². The van der Waals surface area contributed by atoms with E-state index in [1.54, 1.807) is 0 Å². The van der Waals surface area contributed by atoms with E-state index in [2.05, 4.69) is 18.0 Å². The molecule has 3 nitrogen and oxygen atoms in total. The number of rotatable bonds is 7. The normalized spacial score (nSPS) is 15.2. The minimum absolute atomic E-state index is 0.235. The van der Waals surface area contributed by atoms with Gasteiger partial charge in [0.05, 0.1) is 12.4 Å². The first-order chi connectivity index (χ1) is 5.62. The average molecular weight is 192 g/mol. The van der Waals surface area contributed by atoms with E-state index >= 15 is 0 Å². The van der Waals surface area contributed by atoms with Crippen molar-refractivity contribution in [3.05, 3.63) is 12.8 Å². The van der Waals surface area contributed by atoms with Crippen LogP contribution in [0.25, 0.3) is 0 Å². The molecule has 0 amide bonds. The molecule has 0 saturated heterocycles. The molecule has 72 valence electrons. The first-order valence-corrected chi connectivity index (χ1v) is 6.00. The van der Waals surface area contributed by atoms with Gasteiger partial charge in [-0.3, -0.25) is 0 Å². The number of hydrogen-bond acceptors (Lipinski definition) is 2. The second-order valence-electron chi connectivity index (χ2n) is 2.69. The largest absolute Gasteiger partial charge is 0.433 e. The molecule has 0 heterocycles. The van der Waals surface area contributed by atoms with Gasteiger partial charge in [0.25, 0.3) is 0 Å². The van der Waals surface area contributed by atoms with Crippen molar-refractivity contribution in [2.45, 2.75) is 32.6 Å². The molecule has 0 aromatic heterocycles. The predicted octanol–water partition coefficient (Wildman–Crippen LogP) is 2.91. The zero-order valence-electron chi connectivity index (χ0n) is 7.53. The Morgan fingerprint density at radius 2 is 2.17 bits per heavy atom. The van der Waals surface area contributed by atoms with E-state index in [0.29, 0.717) is 0 Å². The van der Waals surface area contributed by atoms with E-state index in [1.165, 1.54) is 0 Å². The molecule has 1 atom stereocenters. The topological polar surface area (TPSA) is 46.5 Å². The molecule has 0 aliphatic carbocycles. The van der Waals surface area contributed by atoms with Gasteiger partial charge in [0, 0.05) is 0 Å². The maximum atomic E-state index is 11.0. The summed E-state index contributed by atoms with van der Waals surface area (Å²) in [5, 5.41) is 0. The molecule has 0 aromatic carbocycles. The van der Waals surface area contributed by atoms with Crippen molar-refractivity contribution in [3.63, 3.8) is 0 Å². The van der Waals surface area contributed by atoms with E-state index in [9.17, 15) is 4.57 Å². The quantitative estimate of drug-likeness (QED) is 0.383. The fourth-order valence-electron chi connectivity index (χ4n) is 0.908. The van der Waals surface area contributed by atoms with Crippen LogP contribution in [0.15, 0.2) is 12.8 Å². The Labute approximate surface area is 74.0 Å². The first kappa shape index (κ1) is 11.7. The zero-order valence-corrected chi connectivity index (χ0v) is 8.43. The van der Waals surface area contributed by atoms with Crippen LogP contribution in [0.3, 0.4) is 0 Å². The summed E-state index contributed by atoms with van der Waals surface area (Å²) in [5.41, 5.74) is 0. The molecule has 0 bridgehead atoms. The molecule has 1 unspecified atom stereocenters. The van der Waals surface area contributed by atoms with E-state index in [1.807, 2.05) is 0 Å². The van der Waals surface area contributed by atoms with Crippen molar-refractivity contribution in [2.24, 2.45) is 0 Å². The van der Waals surface area contributed by atoms with Crippen molar-refractivity contribution in [3.8, 4) is 0 Å². The van der Waals surface area contributed by atoms with Gasteiger partial charge in [0.1, 0.15) is 0 Å². The van der Waals surface area contributed by atoms with Crippen molar-refractivity contribution in [1.29, 1.82) is 0 Å². The molecule has 0 aliphatic rings. The summed E-state index contributed by atoms with van der Waals surface area (Å²) in [4.78, 5) is 9.08. The lowest BCUT2D eigenvalue weighted by Gasteiger charge is -2.08. The molecule has 0 aliphatic heterocycles. The lowest BCUT2D eigenvalue weighted by Crippen LogP contribution is -1.90. The lowest BCUT2D eigenvalue weighted by molar-refractivity contribution is 0.347. The van der Waals surface area contributed by atoms with E-state index in [4.69, 9.17) is 4.89 Å². The second-order valence-corrected chi connectivity index (χ2v) is 4.63. The van der Waals surface area contributed by atoms with E-state index in [0.717, 1.165) is 31.9 Å². The van der Waals surface area contributed by atoms with Crippen molar-refractivity contribution >= 4 is 7.60 Å². The summed E-state index contributed by atoms with van der Waals surface area (Å²) in [7, 11) is -3.35. The van der Waals surface area contributed by atoms with Gasteiger partial charge in [-0.2, -0.15) is 0 Å². The Morgan fingerprint density at radius 3 is 2.67 bits per heavy atom. The minimum atomic E-state index is -3.35. The molecule has 0 saturated carbocycles. The average Bonchev–Trinajstić information content (AvgIpc) is 1.98. The highest BCUT2D eigenvalue weighted by molar-refractivity contribution is 7.52. The Bertz CT molecular complexity index is 168. The highest BCUT2D eigenvalue weighted by atomic mass is 31.2. The van der Waals surface area contributed by atoms with Gasteiger partial charge in [0.15, 0.2) is 0 Å². The van der Waals surface area contributed by atoms with Crippen molar-refractivity contribution in [2.75, 3.05) is 6.16 Å². The van der Waals surface area contributed by atoms with Crippen LogP contribution in [0.1, 0.15) is 32.6 Å². The fourth-order valence-corrected chi connectivity index (χ4v) is 1.87. The number of hydrogen-bond donors (Lipinski definition) is 1. The van der Waals surface area contributed by atoms with Crippen LogP contribution in [0.5, 0.6) is 0 Å². The molecule has 0 spiro atoms. The summed E-state index contributed by atoms with van der Waals surface area (Å²) < 4.78 is 15.5. The van der Waals surface area contributed by atoms with Gasteiger partial charge in [-0.25, -0.2) is 4.57 Å². The van der Waals surface area contributed by atoms with Crippen LogP contribution in [-0.2, 0) is 9.09 Å². The fraction of sp³-hybridized carbons (Fsp3) is 0.750. The second kappa shape index (κ2) is 6.27. The predicted molar refractivity (Wildman–Crippen MR) is 50.1 cm³/mol. The molecular formula is C8H17O3P. The Balaban J connectivity index is 3.47. The standard InChI is InChI=1S/C8H17O3P/c1-3-5-6-7-8-12(9,10)11-4-2/h4H,2-3,5-8H2,1H3,(H,9,10). The summed E-state index contributed by atoms with van der Waals surface area (Å²) in [5.74, 6) is 0. The van der Waals surface area contributed by atoms with Gasteiger partial charge >= 0.3 is 7.60 Å².